The number of alkyl halides is 2. The number of rotatable bonds is 5. The monoisotopic (exact) mass is 404 g/mol. The lowest BCUT2D eigenvalue weighted by Gasteiger charge is -2.07. The van der Waals surface area contributed by atoms with Crippen LogP contribution in [-0.2, 0) is 0 Å². The number of thioether (sulfide) groups is 1. The summed E-state index contributed by atoms with van der Waals surface area (Å²) >= 11 is 0.363. The molecule has 0 atom stereocenters. The van der Waals surface area contributed by atoms with Gasteiger partial charge >= 0.3 is 0 Å². The molecule has 28 heavy (non-hydrogen) atoms. The molecule has 2 amide bonds. The third-order valence-electron chi connectivity index (χ3n) is 3.56. The quantitative estimate of drug-likeness (QED) is 0.449. The Balaban J connectivity index is 1.62. The molecule has 1 heterocycles. The minimum absolute atomic E-state index is 0.165. The molecule has 2 aromatic carbocycles. The predicted molar refractivity (Wildman–Crippen MR) is 98.5 cm³/mol. The maximum Gasteiger partial charge on any atom is 0.294 e. The zero-order valence-electron chi connectivity index (χ0n) is 14.2. The van der Waals surface area contributed by atoms with E-state index in [1.54, 1.807) is 24.3 Å². The highest BCUT2D eigenvalue weighted by Crippen LogP contribution is 2.25. The van der Waals surface area contributed by atoms with Gasteiger partial charge in [0.05, 0.1) is 11.9 Å². The highest BCUT2D eigenvalue weighted by Gasteiger charge is 2.18. The van der Waals surface area contributed by atoms with Gasteiger partial charge in [-0.1, -0.05) is 30.0 Å². The Labute approximate surface area is 162 Å². The van der Waals surface area contributed by atoms with Crippen LogP contribution in [0.25, 0.3) is 5.69 Å². The van der Waals surface area contributed by atoms with Crippen molar-refractivity contribution in [2.75, 3.05) is 0 Å². The van der Waals surface area contributed by atoms with Gasteiger partial charge in [0.15, 0.2) is 11.4 Å². The van der Waals surface area contributed by atoms with Crippen LogP contribution in [0.15, 0.2) is 65.7 Å². The number of carbonyl (C=O) groups excluding carboxylic acids is 2. The van der Waals surface area contributed by atoms with E-state index in [4.69, 9.17) is 0 Å². The molecule has 0 unspecified atom stereocenters. The van der Waals surface area contributed by atoms with E-state index in [1.165, 1.54) is 35.1 Å². The summed E-state index contributed by atoms with van der Waals surface area (Å²) in [5.41, 5.74) is 4.87. The normalized spacial score (nSPS) is 10.7. The van der Waals surface area contributed by atoms with E-state index in [1.807, 2.05) is 6.07 Å². The standard InChI is InChI=1S/C18H14F2N4O3S/c19-18(20)28-13-8-6-11(7-9-13)16(26)21-22-17(27)15-14(25)10-24(23-15)12-4-2-1-3-5-12/h1-10,18,25H,(H,21,26)(H,22,27). The second-order valence-corrected chi connectivity index (χ2v) is 6.52. The Morgan fingerprint density at radius 1 is 1.00 bits per heavy atom. The van der Waals surface area contributed by atoms with Gasteiger partial charge in [0.25, 0.3) is 17.6 Å². The van der Waals surface area contributed by atoms with Gasteiger partial charge in [-0.05, 0) is 36.4 Å². The lowest BCUT2D eigenvalue weighted by Crippen LogP contribution is -2.41. The average Bonchev–Trinajstić information content (AvgIpc) is 3.08. The van der Waals surface area contributed by atoms with Crippen molar-refractivity contribution in [1.82, 2.24) is 20.6 Å². The molecule has 0 aliphatic rings. The van der Waals surface area contributed by atoms with Crippen molar-refractivity contribution in [2.45, 2.75) is 10.7 Å². The minimum atomic E-state index is -2.55. The Morgan fingerprint density at radius 3 is 2.29 bits per heavy atom. The first kappa shape index (κ1) is 19.4. The van der Waals surface area contributed by atoms with Crippen LogP contribution in [0.1, 0.15) is 20.8 Å². The van der Waals surface area contributed by atoms with E-state index in [0.29, 0.717) is 22.3 Å². The van der Waals surface area contributed by atoms with E-state index in [0.717, 1.165) is 0 Å². The molecule has 144 valence electrons. The van der Waals surface area contributed by atoms with Crippen molar-refractivity contribution in [3.05, 3.63) is 72.1 Å². The summed E-state index contributed by atoms with van der Waals surface area (Å²) in [4.78, 5) is 24.5. The van der Waals surface area contributed by atoms with Crippen LogP contribution in [0.2, 0.25) is 0 Å². The summed E-state index contributed by atoms with van der Waals surface area (Å²) in [7, 11) is 0. The molecule has 0 aliphatic heterocycles. The number of benzene rings is 2. The lowest BCUT2D eigenvalue weighted by molar-refractivity contribution is 0.0842. The van der Waals surface area contributed by atoms with Crippen molar-refractivity contribution in [3.8, 4) is 11.4 Å². The fourth-order valence-electron chi connectivity index (χ4n) is 2.27. The number of halogens is 2. The molecular weight excluding hydrogens is 390 g/mol. The second kappa shape index (κ2) is 8.53. The number of aromatic nitrogens is 2. The molecule has 7 nitrogen and oxygen atoms in total. The molecule has 0 spiro atoms. The maximum atomic E-state index is 12.3. The van der Waals surface area contributed by atoms with E-state index >= 15 is 0 Å². The van der Waals surface area contributed by atoms with Gasteiger partial charge in [-0.15, -0.1) is 0 Å². The van der Waals surface area contributed by atoms with Crippen LogP contribution >= 0.6 is 11.8 Å². The van der Waals surface area contributed by atoms with Crippen molar-refractivity contribution in [2.24, 2.45) is 0 Å². The van der Waals surface area contributed by atoms with Crippen LogP contribution in [0.4, 0.5) is 8.78 Å². The summed E-state index contributed by atoms with van der Waals surface area (Å²) in [6, 6.07) is 14.3. The van der Waals surface area contributed by atoms with Gasteiger partial charge < -0.3 is 5.11 Å². The van der Waals surface area contributed by atoms with E-state index in [2.05, 4.69) is 16.0 Å². The summed E-state index contributed by atoms with van der Waals surface area (Å²) in [5, 5.41) is 13.9. The molecule has 0 saturated carbocycles. The van der Waals surface area contributed by atoms with E-state index < -0.39 is 17.6 Å². The minimum Gasteiger partial charge on any atom is -0.504 e. The number of amides is 2. The number of carbonyl (C=O) groups is 2. The highest BCUT2D eigenvalue weighted by atomic mass is 32.2. The first-order valence-corrected chi connectivity index (χ1v) is 8.81. The average molecular weight is 404 g/mol. The predicted octanol–water partition coefficient (Wildman–Crippen LogP) is 2.97. The Bertz CT molecular complexity index is 978. The van der Waals surface area contributed by atoms with Crippen molar-refractivity contribution < 1.29 is 23.5 Å². The van der Waals surface area contributed by atoms with Crippen LogP contribution < -0.4 is 10.9 Å². The zero-order valence-corrected chi connectivity index (χ0v) is 15.0. The smallest absolute Gasteiger partial charge is 0.294 e. The Morgan fingerprint density at radius 2 is 1.64 bits per heavy atom. The van der Waals surface area contributed by atoms with Crippen LogP contribution in [0.3, 0.4) is 0 Å². The number of aromatic hydroxyl groups is 1. The number of nitrogens with zero attached hydrogens (tertiary/aromatic N) is 2. The third-order valence-corrected chi connectivity index (χ3v) is 4.28. The molecule has 0 fully saturated rings. The molecule has 0 radical (unpaired) electrons. The Kier molecular flexibility index (Phi) is 5.90. The number of nitrogens with one attached hydrogen (secondary N) is 2. The van der Waals surface area contributed by atoms with Crippen LogP contribution in [0.5, 0.6) is 5.75 Å². The molecule has 1 aromatic heterocycles. The zero-order chi connectivity index (χ0) is 20.1. The van der Waals surface area contributed by atoms with E-state index in [9.17, 15) is 23.5 Å². The molecule has 0 aliphatic carbocycles. The summed E-state index contributed by atoms with van der Waals surface area (Å²) in [6.07, 6.45) is 1.27. The maximum absolute atomic E-state index is 12.3. The first-order chi connectivity index (χ1) is 13.4. The van der Waals surface area contributed by atoms with E-state index in [-0.39, 0.29) is 17.0 Å². The molecule has 3 rings (SSSR count). The summed E-state index contributed by atoms with van der Waals surface area (Å²) in [5.74, 6) is -4.37. The Hall–Kier alpha value is -3.40. The first-order valence-electron chi connectivity index (χ1n) is 7.93. The van der Waals surface area contributed by atoms with Gasteiger partial charge in [-0.3, -0.25) is 20.4 Å². The van der Waals surface area contributed by atoms with Gasteiger partial charge in [-0.2, -0.15) is 13.9 Å². The fourth-order valence-corrected chi connectivity index (χ4v) is 2.77. The topological polar surface area (TPSA) is 96.3 Å². The van der Waals surface area contributed by atoms with Gasteiger partial charge in [0, 0.05) is 10.5 Å². The molecule has 3 N–H and O–H groups in total. The van der Waals surface area contributed by atoms with Crippen molar-refractivity contribution in [3.63, 3.8) is 0 Å². The SMILES string of the molecule is O=C(NNC(=O)c1nn(-c2ccccc2)cc1O)c1ccc(SC(F)F)cc1. The van der Waals surface area contributed by atoms with Gasteiger partial charge in [0.1, 0.15) is 0 Å². The molecule has 0 bridgehead atoms. The number of hydrazine groups is 1. The highest BCUT2D eigenvalue weighted by molar-refractivity contribution is 7.99. The summed E-state index contributed by atoms with van der Waals surface area (Å²) in [6.45, 7) is 0. The van der Waals surface area contributed by atoms with Crippen molar-refractivity contribution >= 4 is 23.6 Å². The molecule has 3 aromatic rings. The van der Waals surface area contributed by atoms with Crippen LogP contribution in [0, 0.1) is 0 Å². The molecular formula is C18H14F2N4O3S. The van der Waals surface area contributed by atoms with Crippen LogP contribution in [-0.4, -0.2) is 32.5 Å². The molecule has 10 heteroatoms. The number of para-hydroxylation sites is 1. The summed E-state index contributed by atoms with van der Waals surface area (Å²) < 4.78 is 25.9. The van der Waals surface area contributed by atoms with Gasteiger partial charge in [-0.25, -0.2) is 4.68 Å². The third kappa shape index (κ3) is 4.65. The largest absolute Gasteiger partial charge is 0.504 e. The van der Waals surface area contributed by atoms with Crippen molar-refractivity contribution in [1.29, 1.82) is 0 Å². The molecule has 0 saturated heterocycles. The number of hydrogen-bond acceptors (Lipinski definition) is 5. The van der Waals surface area contributed by atoms with Gasteiger partial charge in [0.2, 0.25) is 0 Å². The fraction of sp³-hybridized carbons (Fsp3) is 0.0556. The number of hydrogen-bond donors (Lipinski definition) is 3. The second-order valence-electron chi connectivity index (χ2n) is 5.45. The lowest BCUT2D eigenvalue weighted by atomic mass is 10.2.